The molecule has 0 aromatic rings. The van der Waals surface area contributed by atoms with Crippen LogP contribution in [0.15, 0.2) is 11.6 Å². The number of rotatable bonds is 7. The molecule has 4 heteroatoms. The highest BCUT2D eigenvalue weighted by Crippen LogP contribution is 2.67. The van der Waals surface area contributed by atoms with Crippen LogP contribution in [-0.4, -0.2) is 34.5 Å². The van der Waals surface area contributed by atoms with Gasteiger partial charge in [0.05, 0.1) is 6.10 Å². The minimum Gasteiger partial charge on any atom is -0.393 e. The number of imide groups is 1. The van der Waals surface area contributed by atoms with Crippen LogP contribution in [0, 0.1) is 46.3 Å². The number of allylic oxidation sites excluding steroid dienone is 1. The van der Waals surface area contributed by atoms with Crippen molar-refractivity contribution in [2.75, 3.05) is 6.54 Å². The Morgan fingerprint density at radius 3 is 2.49 bits per heavy atom. The lowest BCUT2D eigenvalue weighted by Gasteiger charge is -2.58. The van der Waals surface area contributed by atoms with Crippen LogP contribution in [0.4, 0.5) is 0 Å². The summed E-state index contributed by atoms with van der Waals surface area (Å²) in [7, 11) is 0. The van der Waals surface area contributed by atoms with E-state index in [4.69, 9.17) is 0 Å². The monoisotopic (exact) mass is 483 g/mol. The molecule has 1 N–H and O–H groups in total. The van der Waals surface area contributed by atoms with Crippen molar-refractivity contribution < 1.29 is 14.7 Å². The molecule has 4 fully saturated rings. The van der Waals surface area contributed by atoms with Gasteiger partial charge in [-0.25, -0.2) is 0 Å². The Balaban J connectivity index is 1.17. The molecule has 1 heterocycles. The van der Waals surface area contributed by atoms with E-state index in [0.717, 1.165) is 48.9 Å². The molecule has 196 valence electrons. The van der Waals surface area contributed by atoms with Gasteiger partial charge in [-0.2, -0.15) is 0 Å². The van der Waals surface area contributed by atoms with E-state index in [1.54, 1.807) is 5.57 Å². The lowest BCUT2D eigenvalue weighted by atomic mass is 9.47. The predicted molar refractivity (Wildman–Crippen MR) is 139 cm³/mol. The first-order valence-corrected chi connectivity index (χ1v) is 14.8. The number of carbonyl (C=O) groups is 2. The molecule has 3 saturated carbocycles. The van der Waals surface area contributed by atoms with Crippen molar-refractivity contribution in [3.05, 3.63) is 11.6 Å². The zero-order valence-electron chi connectivity index (χ0n) is 22.7. The van der Waals surface area contributed by atoms with E-state index in [1.165, 1.54) is 56.3 Å². The maximum absolute atomic E-state index is 11.9. The number of carbonyl (C=O) groups excluding carboxylic acids is 2. The molecule has 0 radical (unpaired) electrons. The molecule has 35 heavy (non-hydrogen) atoms. The van der Waals surface area contributed by atoms with Crippen LogP contribution in [0.5, 0.6) is 0 Å². The molecule has 4 nitrogen and oxygen atoms in total. The third kappa shape index (κ3) is 4.44. The second-order valence-corrected chi connectivity index (χ2v) is 13.8. The number of aliphatic hydroxyl groups is 1. The van der Waals surface area contributed by atoms with Gasteiger partial charge >= 0.3 is 0 Å². The van der Waals surface area contributed by atoms with E-state index in [0.29, 0.717) is 36.1 Å². The Hall–Kier alpha value is -1.16. The quantitative estimate of drug-likeness (QED) is 0.331. The molecule has 5 aliphatic rings. The number of hydrogen-bond acceptors (Lipinski definition) is 3. The highest BCUT2D eigenvalue weighted by atomic mass is 16.3. The highest BCUT2D eigenvalue weighted by molar-refractivity contribution is 6.01. The standard InChI is InChI=1S/C31H49NO3/c1-20(19-32-28(34)12-13-29(32)35)6-5-7-21(2)25-10-11-26-24-9-8-22-18-23(33)14-16-30(22,3)27(24)15-17-31(25,26)4/h8,20-21,23-27,33H,5-7,9-19H2,1-4H3/t20?,21-,23+,24+,25-,26+,27+,30+,31-/m1/s1. The summed E-state index contributed by atoms with van der Waals surface area (Å²) in [6, 6.07) is 0. The van der Waals surface area contributed by atoms with Gasteiger partial charge in [-0.1, -0.05) is 52.2 Å². The number of aliphatic hydroxyl groups excluding tert-OH is 1. The minimum atomic E-state index is -0.115. The Morgan fingerprint density at radius 1 is 1.00 bits per heavy atom. The molecule has 9 atom stereocenters. The van der Waals surface area contributed by atoms with Crippen LogP contribution in [0.2, 0.25) is 0 Å². The Morgan fingerprint density at radius 2 is 1.74 bits per heavy atom. The van der Waals surface area contributed by atoms with Gasteiger partial charge in [0.2, 0.25) is 11.8 Å². The molecule has 1 saturated heterocycles. The van der Waals surface area contributed by atoms with Gasteiger partial charge < -0.3 is 5.11 Å². The first-order valence-electron chi connectivity index (χ1n) is 14.8. The normalized spacial score (nSPS) is 42.8. The van der Waals surface area contributed by atoms with Crippen LogP contribution in [0.1, 0.15) is 111 Å². The zero-order chi connectivity index (χ0) is 25.0. The Kier molecular flexibility index (Phi) is 7.00. The van der Waals surface area contributed by atoms with Crippen LogP contribution >= 0.6 is 0 Å². The number of amides is 2. The third-order valence-corrected chi connectivity index (χ3v) is 11.8. The summed E-state index contributed by atoms with van der Waals surface area (Å²) < 4.78 is 0. The number of likely N-dealkylation sites (tertiary alicyclic amines) is 1. The fraction of sp³-hybridized carbons (Fsp3) is 0.871. The summed E-state index contributed by atoms with van der Waals surface area (Å²) >= 11 is 0. The zero-order valence-corrected chi connectivity index (χ0v) is 22.7. The van der Waals surface area contributed by atoms with Crippen LogP contribution in [-0.2, 0) is 9.59 Å². The van der Waals surface area contributed by atoms with Crippen molar-refractivity contribution in [3.63, 3.8) is 0 Å². The van der Waals surface area contributed by atoms with Gasteiger partial charge in [0.15, 0.2) is 0 Å². The van der Waals surface area contributed by atoms with Crippen molar-refractivity contribution in [2.24, 2.45) is 46.3 Å². The summed E-state index contributed by atoms with van der Waals surface area (Å²) in [6.07, 6.45) is 16.7. The average molecular weight is 484 g/mol. The van der Waals surface area contributed by atoms with Crippen molar-refractivity contribution in [3.8, 4) is 0 Å². The fourth-order valence-corrected chi connectivity index (χ4v) is 9.84. The summed E-state index contributed by atoms with van der Waals surface area (Å²) in [5.74, 6) is 4.55. The van der Waals surface area contributed by atoms with Gasteiger partial charge in [-0.05, 0) is 104 Å². The smallest absolute Gasteiger partial charge is 0.229 e. The van der Waals surface area contributed by atoms with Gasteiger partial charge in [0.25, 0.3) is 0 Å². The van der Waals surface area contributed by atoms with Gasteiger partial charge in [-0.3, -0.25) is 14.5 Å². The van der Waals surface area contributed by atoms with Crippen molar-refractivity contribution in [1.29, 1.82) is 0 Å². The molecule has 0 aromatic heterocycles. The number of hydrogen-bond donors (Lipinski definition) is 1. The average Bonchev–Trinajstić information content (AvgIpc) is 3.33. The lowest BCUT2D eigenvalue weighted by molar-refractivity contribution is -0.139. The molecular weight excluding hydrogens is 434 g/mol. The first kappa shape index (κ1) is 25.5. The number of nitrogens with zero attached hydrogens (tertiary/aromatic N) is 1. The summed E-state index contributed by atoms with van der Waals surface area (Å²) in [5.41, 5.74) is 2.40. The third-order valence-electron chi connectivity index (χ3n) is 11.8. The summed E-state index contributed by atoms with van der Waals surface area (Å²) in [4.78, 5) is 25.4. The second kappa shape index (κ2) is 9.62. The summed E-state index contributed by atoms with van der Waals surface area (Å²) in [6.45, 7) is 10.5. The molecule has 0 aromatic carbocycles. The SMILES string of the molecule is CC(CCC[C@@H](C)[C@H]1CC[C@H]2[C@@H]3CC=C4C[C@@H](O)CC[C@]4(C)[C@H]3CC[C@]12C)CN1C(=O)CCC1=O. The van der Waals surface area contributed by atoms with Gasteiger partial charge in [0.1, 0.15) is 0 Å². The Bertz CT molecular complexity index is 849. The van der Waals surface area contributed by atoms with E-state index < -0.39 is 0 Å². The van der Waals surface area contributed by atoms with E-state index >= 15 is 0 Å². The predicted octanol–water partition coefficient (Wildman–Crippen LogP) is 6.52. The Labute approximate surface area is 213 Å². The summed E-state index contributed by atoms with van der Waals surface area (Å²) in [5, 5.41) is 10.3. The first-order chi connectivity index (χ1) is 16.6. The molecule has 1 unspecified atom stereocenters. The van der Waals surface area contributed by atoms with E-state index in [2.05, 4.69) is 33.8 Å². The van der Waals surface area contributed by atoms with Crippen LogP contribution < -0.4 is 0 Å². The molecule has 2 amide bonds. The van der Waals surface area contributed by atoms with E-state index in [-0.39, 0.29) is 17.9 Å². The lowest BCUT2D eigenvalue weighted by Crippen LogP contribution is -2.50. The minimum absolute atomic E-state index is 0.0266. The van der Waals surface area contributed by atoms with Crippen LogP contribution in [0.25, 0.3) is 0 Å². The van der Waals surface area contributed by atoms with E-state index in [1.807, 2.05) is 0 Å². The van der Waals surface area contributed by atoms with Crippen LogP contribution in [0.3, 0.4) is 0 Å². The van der Waals surface area contributed by atoms with Crippen molar-refractivity contribution in [2.45, 2.75) is 117 Å². The maximum Gasteiger partial charge on any atom is 0.229 e. The molecular formula is C31H49NO3. The topological polar surface area (TPSA) is 57.6 Å². The largest absolute Gasteiger partial charge is 0.393 e. The molecule has 0 spiro atoms. The second-order valence-electron chi connectivity index (χ2n) is 13.8. The molecule has 4 aliphatic carbocycles. The van der Waals surface area contributed by atoms with Gasteiger partial charge in [0, 0.05) is 19.4 Å². The highest BCUT2D eigenvalue weighted by Gasteiger charge is 2.59. The van der Waals surface area contributed by atoms with E-state index in [9.17, 15) is 14.7 Å². The molecule has 1 aliphatic heterocycles. The maximum atomic E-state index is 11.9. The van der Waals surface area contributed by atoms with Gasteiger partial charge in [-0.15, -0.1) is 0 Å². The van der Waals surface area contributed by atoms with Crippen molar-refractivity contribution >= 4 is 11.8 Å². The molecule has 0 bridgehead atoms. The fourth-order valence-electron chi connectivity index (χ4n) is 9.84. The number of fused-ring (bicyclic) bond motifs is 5. The van der Waals surface area contributed by atoms with Crippen molar-refractivity contribution in [1.82, 2.24) is 4.90 Å². The molecule has 5 rings (SSSR count).